The first-order valence-electron chi connectivity index (χ1n) is 6.13. The molecule has 1 aromatic rings. The van der Waals surface area contributed by atoms with Crippen LogP contribution in [0.2, 0.25) is 0 Å². The van der Waals surface area contributed by atoms with Crippen LogP contribution >= 0.6 is 0 Å². The zero-order chi connectivity index (χ0) is 14.7. The second kappa shape index (κ2) is 5.57. The van der Waals surface area contributed by atoms with Crippen molar-refractivity contribution < 1.29 is 19.1 Å². The Kier molecular flexibility index (Phi) is 3.85. The third-order valence-corrected chi connectivity index (χ3v) is 3.02. The van der Waals surface area contributed by atoms with Crippen LogP contribution in [0, 0.1) is 12.3 Å². The third-order valence-electron chi connectivity index (χ3n) is 3.02. The van der Waals surface area contributed by atoms with Gasteiger partial charge in [0.1, 0.15) is 0 Å². The van der Waals surface area contributed by atoms with Crippen LogP contribution in [0.25, 0.3) is 0 Å². The predicted octanol–water partition coefficient (Wildman–Crippen LogP) is 1.48. The van der Waals surface area contributed by atoms with E-state index in [0.29, 0.717) is 18.4 Å². The summed E-state index contributed by atoms with van der Waals surface area (Å²) in [5.41, 5.74) is 0.790. The van der Waals surface area contributed by atoms with Gasteiger partial charge in [-0.3, -0.25) is 14.5 Å². The molecule has 0 saturated carbocycles. The minimum Gasteiger partial charge on any atom is -0.462 e. The van der Waals surface area contributed by atoms with E-state index < -0.39 is 11.9 Å². The average Bonchev–Trinajstić information content (AvgIpc) is 2.68. The van der Waals surface area contributed by atoms with Crippen LogP contribution in [-0.4, -0.2) is 36.3 Å². The fraction of sp³-hybridized carbons (Fsp3) is 0.267. The highest BCUT2D eigenvalue weighted by atomic mass is 16.5. The second-order valence-corrected chi connectivity index (χ2v) is 4.37. The van der Waals surface area contributed by atoms with Gasteiger partial charge in [0.25, 0.3) is 11.8 Å². The van der Waals surface area contributed by atoms with Crippen LogP contribution in [0.3, 0.4) is 0 Å². The van der Waals surface area contributed by atoms with Gasteiger partial charge in [-0.2, -0.15) is 0 Å². The second-order valence-electron chi connectivity index (χ2n) is 4.37. The zero-order valence-electron chi connectivity index (χ0n) is 11.0. The van der Waals surface area contributed by atoms with Crippen molar-refractivity contribution in [3.05, 3.63) is 34.9 Å². The monoisotopic (exact) mass is 271 g/mol. The number of imide groups is 1. The Morgan fingerprint density at radius 3 is 2.70 bits per heavy atom. The van der Waals surface area contributed by atoms with Gasteiger partial charge in [0, 0.05) is 13.5 Å². The number of hydrogen-bond acceptors (Lipinski definition) is 4. The Morgan fingerprint density at radius 1 is 1.30 bits per heavy atom. The number of carbonyl (C=O) groups excluding carboxylic acids is 3. The molecule has 0 spiro atoms. The summed E-state index contributed by atoms with van der Waals surface area (Å²) in [5.74, 6) is 1.15. The summed E-state index contributed by atoms with van der Waals surface area (Å²) in [7, 11) is 1.41. The Labute approximate surface area is 116 Å². The number of nitrogens with zero attached hydrogens (tertiary/aromatic N) is 1. The van der Waals surface area contributed by atoms with E-state index in [4.69, 9.17) is 11.2 Å². The lowest BCUT2D eigenvalue weighted by Crippen LogP contribution is -2.24. The van der Waals surface area contributed by atoms with Crippen molar-refractivity contribution in [1.29, 1.82) is 0 Å². The molecule has 2 amide bonds. The fourth-order valence-corrected chi connectivity index (χ4v) is 1.91. The van der Waals surface area contributed by atoms with E-state index in [2.05, 4.69) is 5.92 Å². The molecule has 2 rings (SSSR count). The molecule has 5 nitrogen and oxygen atoms in total. The first-order chi connectivity index (χ1) is 9.56. The number of esters is 1. The topological polar surface area (TPSA) is 63.7 Å². The molecule has 0 bridgehead atoms. The lowest BCUT2D eigenvalue weighted by Gasteiger charge is -2.04. The largest absolute Gasteiger partial charge is 0.462 e. The first kappa shape index (κ1) is 13.8. The Bertz CT molecular complexity index is 627. The lowest BCUT2D eigenvalue weighted by molar-refractivity contribution is 0.0501. The summed E-state index contributed by atoms with van der Waals surface area (Å²) < 4.78 is 5.03. The van der Waals surface area contributed by atoms with Crippen molar-refractivity contribution >= 4 is 17.8 Å². The molecule has 0 N–H and O–H groups in total. The normalized spacial score (nSPS) is 13.1. The van der Waals surface area contributed by atoms with Crippen LogP contribution in [0.5, 0.6) is 0 Å². The number of ether oxygens (including phenoxy) is 1. The first-order valence-corrected chi connectivity index (χ1v) is 6.13. The number of rotatable bonds is 4. The molecule has 0 aromatic heterocycles. The molecule has 0 aliphatic carbocycles. The molecule has 0 saturated heterocycles. The van der Waals surface area contributed by atoms with Crippen molar-refractivity contribution in [2.45, 2.75) is 12.8 Å². The number of terminal acetylenes is 1. The molecule has 1 heterocycles. The molecular formula is C15H13NO4. The summed E-state index contributed by atoms with van der Waals surface area (Å²) in [5, 5.41) is 0. The quantitative estimate of drug-likeness (QED) is 0.360. The molecule has 5 heteroatoms. The lowest BCUT2D eigenvalue weighted by atomic mass is 10.1. The van der Waals surface area contributed by atoms with Crippen LogP contribution in [0.4, 0.5) is 0 Å². The van der Waals surface area contributed by atoms with Gasteiger partial charge in [-0.15, -0.1) is 12.3 Å². The molecule has 0 radical (unpaired) electrons. The van der Waals surface area contributed by atoms with Gasteiger partial charge in [-0.05, 0) is 24.6 Å². The van der Waals surface area contributed by atoms with Gasteiger partial charge in [0.15, 0.2) is 0 Å². The SMILES string of the molecule is C#CCCCOC(=O)c1ccc2c(c1)C(=O)N(C)C2=O. The smallest absolute Gasteiger partial charge is 0.338 e. The predicted molar refractivity (Wildman–Crippen MR) is 71.2 cm³/mol. The molecular weight excluding hydrogens is 258 g/mol. The minimum absolute atomic E-state index is 0.229. The standard InChI is InChI=1S/C15H13NO4/c1-3-4-5-8-20-15(19)10-6-7-11-12(9-10)14(18)16(2)13(11)17/h1,6-7,9H,4-5,8H2,2H3. The maximum atomic E-state index is 11.8. The number of unbranched alkanes of at least 4 members (excludes halogenated alkanes) is 1. The van der Waals surface area contributed by atoms with E-state index in [0.717, 1.165) is 4.90 Å². The van der Waals surface area contributed by atoms with Gasteiger partial charge in [-0.25, -0.2) is 4.79 Å². The van der Waals surface area contributed by atoms with E-state index in [-0.39, 0.29) is 23.6 Å². The molecule has 0 atom stereocenters. The van der Waals surface area contributed by atoms with E-state index >= 15 is 0 Å². The average molecular weight is 271 g/mol. The highest BCUT2D eigenvalue weighted by Gasteiger charge is 2.33. The summed E-state index contributed by atoms with van der Waals surface area (Å²) in [6.07, 6.45) is 6.22. The van der Waals surface area contributed by atoms with E-state index in [1.807, 2.05) is 0 Å². The summed E-state index contributed by atoms with van der Waals surface area (Å²) in [6.45, 7) is 0.229. The van der Waals surface area contributed by atoms with Crippen molar-refractivity contribution in [2.24, 2.45) is 0 Å². The molecule has 1 aromatic carbocycles. The maximum absolute atomic E-state index is 11.8. The number of carbonyl (C=O) groups is 3. The number of amides is 2. The van der Waals surface area contributed by atoms with Gasteiger partial charge >= 0.3 is 5.97 Å². The molecule has 0 fully saturated rings. The highest BCUT2D eigenvalue weighted by molar-refractivity contribution is 6.21. The summed E-state index contributed by atoms with van der Waals surface area (Å²) in [6, 6.07) is 4.34. The third kappa shape index (κ3) is 2.41. The van der Waals surface area contributed by atoms with Crippen molar-refractivity contribution in [3.8, 4) is 12.3 Å². The zero-order valence-corrected chi connectivity index (χ0v) is 11.0. The molecule has 0 unspecified atom stereocenters. The van der Waals surface area contributed by atoms with Gasteiger partial charge < -0.3 is 4.74 Å². The highest BCUT2D eigenvalue weighted by Crippen LogP contribution is 2.23. The van der Waals surface area contributed by atoms with E-state index in [1.165, 1.54) is 25.2 Å². The molecule has 102 valence electrons. The van der Waals surface area contributed by atoms with Crippen LogP contribution in [0.15, 0.2) is 18.2 Å². The van der Waals surface area contributed by atoms with Crippen LogP contribution < -0.4 is 0 Å². The number of benzene rings is 1. The van der Waals surface area contributed by atoms with Crippen molar-refractivity contribution in [3.63, 3.8) is 0 Å². The van der Waals surface area contributed by atoms with Crippen molar-refractivity contribution in [1.82, 2.24) is 4.90 Å². The number of hydrogen-bond donors (Lipinski definition) is 0. The summed E-state index contributed by atoms with van der Waals surface area (Å²) in [4.78, 5) is 36.3. The van der Waals surface area contributed by atoms with Gasteiger partial charge in [-0.1, -0.05) is 0 Å². The van der Waals surface area contributed by atoms with Gasteiger partial charge in [0.2, 0.25) is 0 Å². The van der Waals surface area contributed by atoms with E-state index in [9.17, 15) is 14.4 Å². The van der Waals surface area contributed by atoms with Gasteiger partial charge in [0.05, 0.1) is 23.3 Å². The minimum atomic E-state index is -0.528. The van der Waals surface area contributed by atoms with Crippen molar-refractivity contribution in [2.75, 3.05) is 13.7 Å². The maximum Gasteiger partial charge on any atom is 0.338 e. The Balaban J connectivity index is 2.13. The number of fused-ring (bicyclic) bond motifs is 1. The van der Waals surface area contributed by atoms with Crippen LogP contribution in [0.1, 0.15) is 43.9 Å². The molecule has 20 heavy (non-hydrogen) atoms. The molecule has 1 aliphatic heterocycles. The van der Waals surface area contributed by atoms with Crippen LogP contribution in [-0.2, 0) is 4.74 Å². The Morgan fingerprint density at radius 2 is 2.00 bits per heavy atom. The Hall–Kier alpha value is -2.61. The van der Waals surface area contributed by atoms with E-state index in [1.54, 1.807) is 0 Å². The fourth-order valence-electron chi connectivity index (χ4n) is 1.91. The summed E-state index contributed by atoms with van der Waals surface area (Å²) >= 11 is 0. The molecule has 1 aliphatic rings.